The molecule has 0 aromatic heterocycles. The zero-order valence-corrected chi connectivity index (χ0v) is 12.7. The van der Waals surface area contributed by atoms with Crippen LogP contribution in [0.3, 0.4) is 0 Å². The molecule has 20 heavy (non-hydrogen) atoms. The van der Waals surface area contributed by atoms with Crippen LogP contribution in [0.2, 0.25) is 10.0 Å². The van der Waals surface area contributed by atoms with Crippen LogP contribution in [0.1, 0.15) is 10.4 Å². The van der Waals surface area contributed by atoms with Crippen LogP contribution in [-0.2, 0) is 0 Å². The van der Waals surface area contributed by atoms with Crippen LogP contribution >= 0.6 is 35.0 Å². The first-order valence-electron chi connectivity index (χ1n) is 5.61. The third-order valence-corrected chi connectivity index (χ3v) is 3.88. The van der Waals surface area contributed by atoms with Crippen LogP contribution in [0.25, 0.3) is 0 Å². The van der Waals surface area contributed by atoms with Crippen molar-refractivity contribution < 1.29 is 9.18 Å². The topological polar surface area (TPSA) is 29.1 Å². The SMILES string of the molecule is CSc1ccc(Cl)c(C(=O)Nc2cc(Cl)ccc2F)c1. The van der Waals surface area contributed by atoms with Crippen LogP contribution in [0.5, 0.6) is 0 Å². The number of carbonyl (C=O) groups is 1. The summed E-state index contributed by atoms with van der Waals surface area (Å²) >= 11 is 13.3. The van der Waals surface area contributed by atoms with Crippen molar-refractivity contribution in [2.75, 3.05) is 11.6 Å². The second-order valence-corrected chi connectivity index (χ2v) is 5.65. The molecule has 0 heterocycles. The summed E-state index contributed by atoms with van der Waals surface area (Å²) in [5.41, 5.74) is 0.311. The first kappa shape index (κ1) is 15.2. The van der Waals surface area contributed by atoms with E-state index in [0.717, 1.165) is 4.90 Å². The van der Waals surface area contributed by atoms with Gasteiger partial charge in [-0.3, -0.25) is 4.79 Å². The number of nitrogens with one attached hydrogen (secondary N) is 1. The fourth-order valence-corrected chi connectivity index (χ4v) is 2.40. The van der Waals surface area contributed by atoms with Crippen molar-refractivity contribution >= 4 is 46.6 Å². The van der Waals surface area contributed by atoms with Gasteiger partial charge in [0.1, 0.15) is 5.82 Å². The van der Waals surface area contributed by atoms with Gasteiger partial charge in [0.25, 0.3) is 5.91 Å². The molecule has 0 unspecified atom stereocenters. The molecule has 104 valence electrons. The van der Waals surface area contributed by atoms with E-state index in [0.29, 0.717) is 10.0 Å². The van der Waals surface area contributed by atoms with Gasteiger partial charge in [-0.15, -0.1) is 11.8 Å². The second-order valence-electron chi connectivity index (χ2n) is 3.92. The molecule has 0 radical (unpaired) electrons. The number of halogens is 3. The quantitative estimate of drug-likeness (QED) is 0.793. The number of thioether (sulfide) groups is 1. The largest absolute Gasteiger partial charge is 0.319 e. The number of anilines is 1. The van der Waals surface area contributed by atoms with Gasteiger partial charge in [0.15, 0.2) is 0 Å². The molecule has 0 atom stereocenters. The average Bonchev–Trinajstić information content (AvgIpc) is 2.43. The summed E-state index contributed by atoms with van der Waals surface area (Å²) in [4.78, 5) is 13.0. The van der Waals surface area contributed by atoms with Gasteiger partial charge in [-0.05, 0) is 42.7 Å². The van der Waals surface area contributed by atoms with Gasteiger partial charge in [-0.1, -0.05) is 23.2 Å². The molecular formula is C14H10Cl2FNOS. The van der Waals surface area contributed by atoms with E-state index in [1.807, 2.05) is 12.3 Å². The van der Waals surface area contributed by atoms with E-state index in [9.17, 15) is 9.18 Å². The first-order valence-corrected chi connectivity index (χ1v) is 7.59. The van der Waals surface area contributed by atoms with E-state index in [-0.39, 0.29) is 11.3 Å². The fourth-order valence-electron chi connectivity index (χ4n) is 1.59. The van der Waals surface area contributed by atoms with Crippen molar-refractivity contribution in [3.05, 3.63) is 57.8 Å². The standard InChI is InChI=1S/C14H10Cl2FNOS/c1-20-9-3-4-11(16)10(7-9)14(19)18-13-6-8(15)2-5-12(13)17/h2-7H,1H3,(H,18,19). The van der Waals surface area contributed by atoms with Crippen molar-refractivity contribution in [1.29, 1.82) is 0 Å². The lowest BCUT2D eigenvalue weighted by Gasteiger charge is -2.09. The van der Waals surface area contributed by atoms with Crippen molar-refractivity contribution in [1.82, 2.24) is 0 Å². The van der Waals surface area contributed by atoms with Gasteiger partial charge < -0.3 is 5.32 Å². The number of hydrogen-bond acceptors (Lipinski definition) is 2. The number of hydrogen-bond donors (Lipinski definition) is 1. The van der Waals surface area contributed by atoms with Crippen molar-refractivity contribution in [2.45, 2.75) is 4.90 Å². The van der Waals surface area contributed by atoms with E-state index < -0.39 is 11.7 Å². The Balaban J connectivity index is 2.30. The second kappa shape index (κ2) is 6.48. The zero-order valence-electron chi connectivity index (χ0n) is 10.4. The number of benzene rings is 2. The summed E-state index contributed by atoms with van der Waals surface area (Å²) in [5.74, 6) is -1.04. The maximum atomic E-state index is 13.6. The molecule has 6 heteroatoms. The smallest absolute Gasteiger partial charge is 0.257 e. The highest BCUT2D eigenvalue weighted by atomic mass is 35.5. The van der Waals surface area contributed by atoms with E-state index in [2.05, 4.69) is 5.32 Å². The van der Waals surface area contributed by atoms with Crippen LogP contribution in [0.15, 0.2) is 41.3 Å². The Morgan fingerprint density at radius 3 is 2.65 bits per heavy atom. The van der Waals surface area contributed by atoms with Gasteiger partial charge in [-0.2, -0.15) is 0 Å². The zero-order chi connectivity index (χ0) is 14.7. The molecule has 0 aliphatic heterocycles. The first-order chi connectivity index (χ1) is 9.51. The number of carbonyl (C=O) groups excluding carboxylic acids is 1. The van der Waals surface area contributed by atoms with Gasteiger partial charge in [0, 0.05) is 9.92 Å². The summed E-state index contributed by atoms with van der Waals surface area (Å²) < 4.78 is 13.6. The Labute approximate surface area is 130 Å². The fraction of sp³-hybridized carbons (Fsp3) is 0.0714. The van der Waals surface area contributed by atoms with E-state index >= 15 is 0 Å². The molecule has 2 aromatic carbocycles. The number of amides is 1. The summed E-state index contributed by atoms with van der Waals surface area (Å²) in [7, 11) is 0. The van der Waals surface area contributed by atoms with Gasteiger partial charge >= 0.3 is 0 Å². The van der Waals surface area contributed by atoms with Crippen LogP contribution < -0.4 is 5.32 Å². The Bertz CT molecular complexity index is 664. The molecule has 0 spiro atoms. The van der Waals surface area contributed by atoms with Gasteiger partial charge in [0.2, 0.25) is 0 Å². The van der Waals surface area contributed by atoms with E-state index in [4.69, 9.17) is 23.2 Å². The predicted molar refractivity (Wildman–Crippen MR) is 82.6 cm³/mol. The summed E-state index contributed by atoms with van der Waals surface area (Å²) in [6.45, 7) is 0. The Morgan fingerprint density at radius 1 is 1.20 bits per heavy atom. The van der Waals surface area contributed by atoms with Crippen LogP contribution in [-0.4, -0.2) is 12.2 Å². The number of rotatable bonds is 3. The van der Waals surface area contributed by atoms with E-state index in [1.165, 1.54) is 30.0 Å². The average molecular weight is 330 g/mol. The highest BCUT2D eigenvalue weighted by Crippen LogP contribution is 2.25. The lowest BCUT2D eigenvalue weighted by atomic mass is 10.2. The minimum absolute atomic E-state index is 0.0214. The lowest BCUT2D eigenvalue weighted by Crippen LogP contribution is -2.13. The molecule has 2 nitrogen and oxygen atoms in total. The molecule has 1 amide bonds. The van der Waals surface area contributed by atoms with Crippen molar-refractivity contribution in [3.63, 3.8) is 0 Å². The molecular weight excluding hydrogens is 320 g/mol. The highest BCUT2D eigenvalue weighted by Gasteiger charge is 2.13. The summed E-state index contributed by atoms with van der Waals surface area (Å²) in [5, 5.41) is 3.11. The van der Waals surface area contributed by atoms with Gasteiger partial charge in [0.05, 0.1) is 16.3 Å². The minimum atomic E-state index is -0.556. The molecule has 0 saturated carbocycles. The monoisotopic (exact) mass is 329 g/mol. The van der Waals surface area contributed by atoms with Crippen LogP contribution in [0, 0.1) is 5.82 Å². The Morgan fingerprint density at radius 2 is 1.95 bits per heavy atom. The van der Waals surface area contributed by atoms with Crippen LogP contribution in [0.4, 0.5) is 10.1 Å². The molecule has 0 saturated heterocycles. The molecule has 0 bridgehead atoms. The minimum Gasteiger partial charge on any atom is -0.319 e. The maximum absolute atomic E-state index is 13.6. The predicted octanol–water partition coefficient (Wildman–Crippen LogP) is 5.11. The summed E-state index contributed by atoms with van der Waals surface area (Å²) in [6.07, 6.45) is 1.89. The van der Waals surface area contributed by atoms with Crippen molar-refractivity contribution in [3.8, 4) is 0 Å². The Kier molecular flexibility index (Phi) is 4.91. The molecule has 2 aromatic rings. The van der Waals surface area contributed by atoms with E-state index in [1.54, 1.807) is 12.1 Å². The Hall–Kier alpha value is -1.23. The molecule has 1 N–H and O–H groups in total. The van der Waals surface area contributed by atoms with Crippen molar-refractivity contribution in [2.24, 2.45) is 0 Å². The molecule has 0 aliphatic carbocycles. The molecule has 0 aliphatic rings. The normalized spacial score (nSPS) is 10.4. The third kappa shape index (κ3) is 3.45. The summed E-state index contributed by atoms with van der Waals surface area (Å²) in [6, 6.07) is 9.05. The third-order valence-electron chi connectivity index (χ3n) is 2.59. The lowest BCUT2D eigenvalue weighted by molar-refractivity contribution is 0.102. The highest BCUT2D eigenvalue weighted by molar-refractivity contribution is 7.98. The maximum Gasteiger partial charge on any atom is 0.257 e. The molecule has 0 fully saturated rings. The van der Waals surface area contributed by atoms with Gasteiger partial charge in [-0.25, -0.2) is 4.39 Å². The molecule has 2 rings (SSSR count).